The molecule has 2 aromatic heterocycles. The normalized spacial score (nSPS) is 24.2. The summed E-state index contributed by atoms with van der Waals surface area (Å²) in [7, 11) is -3.03. The molecule has 2 aliphatic heterocycles. The Morgan fingerprint density at radius 1 is 1.06 bits per heavy atom. The van der Waals surface area contributed by atoms with E-state index in [1.807, 2.05) is 11.1 Å². The van der Waals surface area contributed by atoms with Gasteiger partial charge in [-0.15, -0.1) is 0 Å². The Hall–Kier alpha value is -2.69. The van der Waals surface area contributed by atoms with E-state index in [-0.39, 0.29) is 36.5 Å². The van der Waals surface area contributed by atoms with Gasteiger partial charge in [0.15, 0.2) is 9.84 Å². The SMILES string of the molecule is O=C(C1CCCN1c1nc2c(c(Nc3ncc(C4CC4)[nH]3)n1)CCC2)N1CCS(=O)(=O)CC1. The van der Waals surface area contributed by atoms with Gasteiger partial charge in [0.2, 0.25) is 17.8 Å². The molecule has 2 N–H and O–H groups in total. The van der Waals surface area contributed by atoms with E-state index in [1.54, 1.807) is 4.90 Å². The molecule has 10 nitrogen and oxygen atoms in total. The smallest absolute Gasteiger partial charge is 0.245 e. The molecule has 0 spiro atoms. The second-order valence-corrected chi connectivity index (χ2v) is 11.9. The molecule has 33 heavy (non-hydrogen) atoms. The predicted octanol–water partition coefficient (Wildman–Crippen LogP) is 1.54. The number of sulfone groups is 1. The van der Waals surface area contributed by atoms with Crippen LogP contribution in [0.1, 0.15) is 55.0 Å². The van der Waals surface area contributed by atoms with Crippen LogP contribution >= 0.6 is 0 Å². The lowest BCUT2D eigenvalue weighted by molar-refractivity contribution is -0.132. The van der Waals surface area contributed by atoms with Crippen LogP contribution in [-0.4, -0.2) is 76.3 Å². The Morgan fingerprint density at radius 2 is 1.88 bits per heavy atom. The molecule has 4 heterocycles. The Balaban J connectivity index is 1.25. The first-order valence-electron chi connectivity index (χ1n) is 11.9. The van der Waals surface area contributed by atoms with Crippen LogP contribution in [0.2, 0.25) is 0 Å². The molecule has 1 amide bonds. The van der Waals surface area contributed by atoms with Gasteiger partial charge in [-0.2, -0.15) is 4.98 Å². The Morgan fingerprint density at radius 3 is 2.67 bits per heavy atom. The van der Waals surface area contributed by atoms with Crippen molar-refractivity contribution in [1.82, 2.24) is 24.8 Å². The van der Waals surface area contributed by atoms with E-state index in [4.69, 9.17) is 9.97 Å². The molecular formula is C22H29N7O3S. The lowest BCUT2D eigenvalue weighted by Crippen LogP contribution is -2.51. The minimum absolute atomic E-state index is 0.0129. The van der Waals surface area contributed by atoms with E-state index in [9.17, 15) is 13.2 Å². The van der Waals surface area contributed by atoms with Crippen LogP contribution in [0.3, 0.4) is 0 Å². The van der Waals surface area contributed by atoms with Gasteiger partial charge in [0.25, 0.3) is 0 Å². The Labute approximate surface area is 193 Å². The average molecular weight is 472 g/mol. The molecule has 6 rings (SSSR count). The Kier molecular flexibility index (Phi) is 5.04. The number of anilines is 3. The number of carbonyl (C=O) groups excluding carboxylic acids is 1. The summed E-state index contributed by atoms with van der Waals surface area (Å²) in [5, 5.41) is 3.38. The van der Waals surface area contributed by atoms with Crippen molar-refractivity contribution in [1.29, 1.82) is 0 Å². The molecule has 2 aromatic rings. The van der Waals surface area contributed by atoms with Crippen molar-refractivity contribution in [2.45, 2.75) is 56.9 Å². The molecule has 0 aromatic carbocycles. The third-order valence-electron chi connectivity index (χ3n) is 7.22. The maximum absolute atomic E-state index is 13.3. The maximum atomic E-state index is 13.3. The predicted molar refractivity (Wildman–Crippen MR) is 124 cm³/mol. The summed E-state index contributed by atoms with van der Waals surface area (Å²) in [6.07, 6.45) is 8.81. The standard InChI is InChI=1S/C22H29N7O3S/c30-20(28-9-11-33(31,32)12-10-28)18-5-2-8-29(18)22-25-16-4-1-3-15(16)19(27-22)26-21-23-13-17(24-21)14-6-7-14/h13-14,18H,1-12H2,(H2,23,24,25,26,27). The molecule has 2 saturated heterocycles. The summed E-state index contributed by atoms with van der Waals surface area (Å²) in [6.45, 7) is 1.25. The summed E-state index contributed by atoms with van der Waals surface area (Å²) in [4.78, 5) is 34.6. The number of H-pyrrole nitrogens is 1. The van der Waals surface area contributed by atoms with Gasteiger partial charge < -0.3 is 20.1 Å². The highest BCUT2D eigenvalue weighted by Gasteiger charge is 2.38. The van der Waals surface area contributed by atoms with Crippen molar-refractivity contribution in [2.75, 3.05) is 41.4 Å². The molecule has 1 unspecified atom stereocenters. The number of aryl methyl sites for hydroxylation is 1. The highest BCUT2D eigenvalue weighted by Crippen LogP contribution is 2.39. The van der Waals surface area contributed by atoms with Crippen LogP contribution in [0.5, 0.6) is 0 Å². The summed E-state index contributed by atoms with van der Waals surface area (Å²) in [5.41, 5.74) is 3.34. The fraction of sp³-hybridized carbons (Fsp3) is 0.636. The number of aromatic nitrogens is 4. The maximum Gasteiger partial charge on any atom is 0.245 e. The zero-order valence-corrected chi connectivity index (χ0v) is 19.4. The first-order chi connectivity index (χ1) is 16.0. The van der Waals surface area contributed by atoms with E-state index in [0.29, 0.717) is 24.4 Å². The van der Waals surface area contributed by atoms with Crippen LogP contribution in [0, 0.1) is 0 Å². The second-order valence-electron chi connectivity index (χ2n) is 9.57. The lowest BCUT2D eigenvalue weighted by Gasteiger charge is -2.32. The number of hydrogen-bond donors (Lipinski definition) is 2. The first-order valence-corrected chi connectivity index (χ1v) is 13.8. The number of nitrogens with zero attached hydrogens (tertiary/aromatic N) is 5. The van der Waals surface area contributed by atoms with Crippen LogP contribution in [-0.2, 0) is 27.5 Å². The van der Waals surface area contributed by atoms with E-state index < -0.39 is 9.84 Å². The van der Waals surface area contributed by atoms with E-state index >= 15 is 0 Å². The zero-order chi connectivity index (χ0) is 22.6. The van der Waals surface area contributed by atoms with Crippen molar-refractivity contribution in [3.63, 3.8) is 0 Å². The van der Waals surface area contributed by atoms with Crippen molar-refractivity contribution >= 4 is 33.5 Å². The monoisotopic (exact) mass is 471 g/mol. The summed E-state index contributed by atoms with van der Waals surface area (Å²) in [5.74, 6) is 2.71. The molecule has 4 aliphatic rings. The van der Waals surface area contributed by atoms with Crippen LogP contribution in [0.4, 0.5) is 17.7 Å². The topological polar surface area (TPSA) is 124 Å². The third-order valence-corrected chi connectivity index (χ3v) is 8.83. The number of nitrogens with one attached hydrogen (secondary N) is 2. The molecule has 0 bridgehead atoms. The van der Waals surface area contributed by atoms with Crippen molar-refractivity contribution in [3.05, 3.63) is 23.1 Å². The number of fused-ring (bicyclic) bond motifs is 1. The van der Waals surface area contributed by atoms with Gasteiger partial charge in [-0.25, -0.2) is 18.4 Å². The first kappa shape index (κ1) is 20.9. The van der Waals surface area contributed by atoms with Gasteiger partial charge in [0.1, 0.15) is 11.9 Å². The van der Waals surface area contributed by atoms with Crippen LogP contribution in [0.25, 0.3) is 0 Å². The minimum Gasteiger partial charge on any atom is -0.339 e. The van der Waals surface area contributed by atoms with E-state index in [1.165, 1.54) is 12.8 Å². The van der Waals surface area contributed by atoms with Crippen molar-refractivity contribution in [3.8, 4) is 0 Å². The molecule has 3 fully saturated rings. The van der Waals surface area contributed by atoms with Gasteiger partial charge in [0, 0.05) is 36.8 Å². The third kappa shape index (κ3) is 4.07. The molecule has 11 heteroatoms. The minimum atomic E-state index is -3.03. The second kappa shape index (κ2) is 7.96. The van der Waals surface area contributed by atoms with Crippen molar-refractivity contribution in [2.24, 2.45) is 0 Å². The summed E-state index contributed by atoms with van der Waals surface area (Å²) >= 11 is 0. The van der Waals surface area contributed by atoms with Crippen LogP contribution < -0.4 is 10.2 Å². The van der Waals surface area contributed by atoms with Gasteiger partial charge in [0.05, 0.1) is 23.4 Å². The molecule has 1 saturated carbocycles. The quantitative estimate of drug-likeness (QED) is 0.673. The lowest BCUT2D eigenvalue weighted by atomic mass is 10.2. The van der Waals surface area contributed by atoms with E-state index in [2.05, 4.69) is 15.3 Å². The molecular weight excluding hydrogens is 442 g/mol. The average Bonchev–Trinajstić information content (AvgIpc) is 3.19. The summed E-state index contributed by atoms with van der Waals surface area (Å²) in [6, 6.07) is -0.344. The highest BCUT2D eigenvalue weighted by atomic mass is 32.2. The molecule has 1 atom stereocenters. The highest BCUT2D eigenvalue weighted by molar-refractivity contribution is 7.91. The number of hydrogen-bond acceptors (Lipinski definition) is 8. The number of aromatic amines is 1. The van der Waals surface area contributed by atoms with Crippen molar-refractivity contribution < 1.29 is 13.2 Å². The fourth-order valence-corrected chi connectivity index (χ4v) is 6.37. The van der Waals surface area contributed by atoms with Gasteiger partial charge in [-0.3, -0.25) is 4.79 Å². The number of rotatable bonds is 5. The summed E-state index contributed by atoms with van der Waals surface area (Å²) < 4.78 is 23.6. The van der Waals surface area contributed by atoms with Gasteiger partial charge >= 0.3 is 0 Å². The number of amides is 1. The molecule has 0 radical (unpaired) electrons. The fourth-order valence-electron chi connectivity index (χ4n) is 5.17. The van der Waals surface area contributed by atoms with E-state index in [0.717, 1.165) is 54.9 Å². The largest absolute Gasteiger partial charge is 0.339 e. The number of imidazole rings is 1. The Bertz CT molecular complexity index is 1180. The zero-order valence-electron chi connectivity index (χ0n) is 18.6. The van der Waals surface area contributed by atoms with Gasteiger partial charge in [-0.05, 0) is 44.9 Å². The van der Waals surface area contributed by atoms with Crippen LogP contribution in [0.15, 0.2) is 6.20 Å². The number of carbonyl (C=O) groups is 1. The molecule has 176 valence electrons. The van der Waals surface area contributed by atoms with Gasteiger partial charge in [-0.1, -0.05) is 0 Å². The molecule has 2 aliphatic carbocycles.